The largest absolute Gasteiger partial charge is 0.497 e. The third kappa shape index (κ3) is 2.25. The molecular formula is C19H15ClN2O. The minimum Gasteiger partial charge on any atom is -0.497 e. The minimum absolute atomic E-state index is 0.739. The number of imidazole rings is 1. The smallest absolute Gasteiger partial charge is 0.140 e. The molecule has 1 heterocycles. The maximum Gasteiger partial charge on any atom is 0.140 e. The van der Waals surface area contributed by atoms with E-state index >= 15 is 0 Å². The lowest BCUT2D eigenvalue weighted by Crippen LogP contribution is -1.92. The van der Waals surface area contributed by atoms with E-state index in [4.69, 9.17) is 21.3 Å². The molecule has 1 aromatic heterocycles. The lowest BCUT2D eigenvalue weighted by molar-refractivity contribution is 0.415. The predicted octanol–water partition coefficient (Wildman–Crippen LogP) is 5.06. The Morgan fingerprint density at radius 3 is 2.52 bits per heavy atom. The molecule has 3 nitrogen and oxygen atoms in total. The second-order valence-electron chi connectivity index (χ2n) is 5.52. The zero-order chi connectivity index (χ0) is 16.0. The molecule has 0 radical (unpaired) electrons. The number of hydrogen-bond acceptors (Lipinski definition) is 2. The van der Waals surface area contributed by atoms with E-state index in [9.17, 15) is 0 Å². The summed E-state index contributed by atoms with van der Waals surface area (Å²) in [5, 5.41) is 2.95. The second kappa shape index (κ2) is 5.28. The third-order valence-electron chi connectivity index (χ3n) is 4.18. The topological polar surface area (TPSA) is 27.1 Å². The van der Waals surface area contributed by atoms with Crippen LogP contribution in [0, 0.1) is 0 Å². The van der Waals surface area contributed by atoms with Crippen molar-refractivity contribution < 1.29 is 4.74 Å². The Labute approximate surface area is 139 Å². The van der Waals surface area contributed by atoms with Crippen molar-refractivity contribution in [2.45, 2.75) is 0 Å². The first kappa shape index (κ1) is 14.1. The van der Waals surface area contributed by atoms with Gasteiger partial charge in [-0.25, -0.2) is 4.98 Å². The van der Waals surface area contributed by atoms with Gasteiger partial charge in [0.25, 0.3) is 0 Å². The molecule has 0 aliphatic rings. The van der Waals surface area contributed by atoms with Crippen LogP contribution >= 0.6 is 11.6 Å². The van der Waals surface area contributed by atoms with Crippen LogP contribution in [0.3, 0.4) is 0 Å². The van der Waals surface area contributed by atoms with E-state index < -0.39 is 0 Å². The summed E-state index contributed by atoms with van der Waals surface area (Å²) in [5.74, 6) is 1.78. The molecule has 3 aromatic carbocycles. The molecule has 114 valence electrons. The number of ether oxygens (including phenoxy) is 1. The van der Waals surface area contributed by atoms with Gasteiger partial charge in [-0.2, -0.15) is 0 Å². The van der Waals surface area contributed by atoms with E-state index in [1.54, 1.807) is 7.11 Å². The highest BCUT2D eigenvalue weighted by molar-refractivity contribution is 6.31. The highest BCUT2D eigenvalue weighted by atomic mass is 35.5. The van der Waals surface area contributed by atoms with Crippen LogP contribution in [-0.2, 0) is 7.05 Å². The van der Waals surface area contributed by atoms with Crippen molar-refractivity contribution in [2.75, 3.05) is 7.11 Å². The zero-order valence-corrected chi connectivity index (χ0v) is 13.6. The monoisotopic (exact) mass is 322 g/mol. The molecule has 4 heteroatoms. The summed E-state index contributed by atoms with van der Waals surface area (Å²) in [6.45, 7) is 0. The average Bonchev–Trinajstić information content (AvgIpc) is 2.92. The van der Waals surface area contributed by atoms with E-state index in [-0.39, 0.29) is 0 Å². The standard InChI is InChI=1S/C19H15ClN2O/c1-22-17-10-5-13-11-14(20)6-9-16(13)18(17)21-19(22)12-3-7-15(23-2)8-4-12/h3-11H,1-2H3. The maximum atomic E-state index is 6.09. The van der Waals surface area contributed by atoms with Gasteiger partial charge in [-0.1, -0.05) is 23.7 Å². The summed E-state index contributed by atoms with van der Waals surface area (Å²) in [7, 11) is 3.71. The van der Waals surface area contributed by atoms with Gasteiger partial charge in [-0.15, -0.1) is 0 Å². The predicted molar refractivity (Wildman–Crippen MR) is 95.2 cm³/mol. The fraction of sp³-hybridized carbons (Fsp3) is 0.105. The van der Waals surface area contributed by atoms with Crippen LogP contribution < -0.4 is 4.74 Å². The molecule has 4 rings (SSSR count). The van der Waals surface area contributed by atoms with Gasteiger partial charge in [0.15, 0.2) is 0 Å². The van der Waals surface area contributed by atoms with Gasteiger partial charge in [0.2, 0.25) is 0 Å². The number of methoxy groups -OCH3 is 1. The summed E-state index contributed by atoms with van der Waals surface area (Å²) < 4.78 is 7.34. The highest BCUT2D eigenvalue weighted by Gasteiger charge is 2.12. The van der Waals surface area contributed by atoms with Crippen molar-refractivity contribution in [1.29, 1.82) is 0 Å². The Hall–Kier alpha value is -2.52. The molecule has 4 aromatic rings. The number of rotatable bonds is 2. The summed E-state index contributed by atoms with van der Waals surface area (Å²) >= 11 is 6.09. The summed E-state index contributed by atoms with van der Waals surface area (Å²) in [6, 6.07) is 18.0. The summed E-state index contributed by atoms with van der Waals surface area (Å²) in [5.41, 5.74) is 3.16. The molecule has 0 aliphatic heterocycles. The normalized spacial score (nSPS) is 11.3. The number of aryl methyl sites for hydroxylation is 1. The van der Waals surface area contributed by atoms with Crippen LogP contribution in [0.5, 0.6) is 5.75 Å². The first-order chi connectivity index (χ1) is 11.2. The third-order valence-corrected chi connectivity index (χ3v) is 4.41. The Balaban J connectivity index is 1.97. The molecular weight excluding hydrogens is 308 g/mol. The van der Waals surface area contributed by atoms with Gasteiger partial charge in [0.05, 0.1) is 18.1 Å². The molecule has 0 fully saturated rings. The van der Waals surface area contributed by atoms with E-state index in [1.165, 1.54) is 0 Å². The Morgan fingerprint density at radius 2 is 1.78 bits per heavy atom. The molecule has 0 N–H and O–H groups in total. The highest BCUT2D eigenvalue weighted by Crippen LogP contribution is 2.31. The number of fused-ring (bicyclic) bond motifs is 3. The number of halogens is 1. The van der Waals surface area contributed by atoms with Crippen LogP contribution in [0.1, 0.15) is 0 Å². The molecule has 0 unspecified atom stereocenters. The average molecular weight is 323 g/mol. The molecule has 0 spiro atoms. The molecule has 0 saturated carbocycles. The fourth-order valence-corrected chi connectivity index (χ4v) is 3.13. The zero-order valence-electron chi connectivity index (χ0n) is 12.9. The van der Waals surface area contributed by atoms with Gasteiger partial charge in [0.1, 0.15) is 11.6 Å². The SMILES string of the molecule is COc1ccc(-c2nc3c4ccc(Cl)cc4ccc3n2C)cc1. The van der Waals surface area contributed by atoms with Crippen LogP contribution in [0.2, 0.25) is 5.02 Å². The van der Waals surface area contributed by atoms with E-state index in [0.29, 0.717) is 0 Å². The molecule has 0 amide bonds. The number of aromatic nitrogens is 2. The Bertz CT molecular complexity index is 1020. The molecule has 0 aliphatic carbocycles. The first-order valence-corrected chi connectivity index (χ1v) is 7.74. The molecule has 0 saturated heterocycles. The van der Waals surface area contributed by atoms with Crippen molar-refractivity contribution >= 4 is 33.4 Å². The van der Waals surface area contributed by atoms with Gasteiger partial charge in [0, 0.05) is 23.0 Å². The van der Waals surface area contributed by atoms with Crippen molar-refractivity contribution in [3.63, 3.8) is 0 Å². The van der Waals surface area contributed by atoms with Crippen molar-refractivity contribution in [3.05, 3.63) is 59.6 Å². The van der Waals surface area contributed by atoms with E-state index in [1.807, 2.05) is 49.5 Å². The number of benzene rings is 3. The van der Waals surface area contributed by atoms with Crippen molar-refractivity contribution in [3.8, 4) is 17.1 Å². The lowest BCUT2D eigenvalue weighted by Gasteiger charge is -2.04. The van der Waals surface area contributed by atoms with E-state index in [0.717, 1.165) is 44.0 Å². The van der Waals surface area contributed by atoms with Gasteiger partial charge >= 0.3 is 0 Å². The summed E-state index contributed by atoms with van der Waals surface area (Å²) in [6.07, 6.45) is 0. The summed E-state index contributed by atoms with van der Waals surface area (Å²) in [4.78, 5) is 4.87. The Kier molecular flexibility index (Phi) is 3.24. The first-order valence-electron chi connectivity index (χ1n) is 7.36. The quantitative estimate of drug-likeness (QED) is 0.516. The van der Waals surface area contributed by atoms with Crippen LogP contribution in [-0.4, -0.2) is 16.7 Å². The van der Waals surface area contributed by atoms with Gasteiger partial charge < -0.3 is 9.30 Å². The molecule has 23 heavy (non-hydrogen) atoms. The lowest BCUT2D eigenvalue weighted by atomic mass is 10.1. The fourth-order valence-electron chi connectivity index (χ4n) is 2.95. The van der Waals surface area contributed by atoms with Crippen molar-refractivity contribution in [1.82, 2.24) is 9.55 Å². The van der Waals surface area contributed by atoms with Crippen molar-refractivity contribution in [2.24, 2.45) is 7.05 Å². The van der Waals surface area contributed by atoms with E-state index in [2.05, 4.69) is 16.7 Å². The Morgan fingerprint density at radius 1 is 1.00 bits per heavy atom. The molecule has 0 bridgehead atoms. The van der Waals surface area contributed by atoms with Gasteiger partial charge in [-0.05, 0) is 47.9 Å². The minimum atomic E-state index is 0.739. The second-order valence-corrected chi connectivity index (χ2v) is 5.96. The van der Waals surface area contributed by atoms with Crippen LogP contribution in [0.4, 0.5) is 0 Å². The number of hydrogen-bond donors (Lipinski definition) is 0. The maximum absolute atomic E-state index is 6.09. The van der Waals surface area contributed by atoms with Crippen LogP contribution in [0.15, 0.2) is 54.6 Å². The number of nitrogens with zero attached hydrogens (tertiary/aromatic N) is 2. The van der Waals surface area contributed by atoms with Crippen LogP contribution in [0.25, 0.3) is 33.2 Å². The molecule has 0 atom stereocenters. The van der Waals surface area contributed by atoms with Gasteiger partial charge in [-0.3, -0.25) is 0 Å².